The lowest BCUT2D eigenvalue weighted by Gasteiger charge is -2.26. The molecular formula is C24H25N3O2S. The fourth-order valence-corrected chi connectivity index (χ4v) is 4.79. The summed E-state index contributed by atoms with van der Waals surface area (Å²) in [5.41, 5.74) is 7.08. The molecule has 1 aliphatic heterocycles. The second-order valence-electron chi connectivity index (χ2n) is 7.57. The predicted molar refractivity (Wildman–Crippen MR) is 122 cm³/mol. The number of ether oxygens (including phenoxy) is 2. The number of morpholine rings is 1. The number of thiophene rings is 1. The number of nitrogens with zero attached hydrogens (tertiary/aromatic N) is 2. The summed E-state index contributed by atoms with van der Waals surface area (Å²) in [5.74, 6) is 0.865. The molecule has 30 heavy (non-hydrogen) atoms. The smallest absolute Gasteiger partial charge is 0.119 e. The van der Waals surface area contributed by atoms with Gasteiger partial charge in [0, 0.05) is 71.7 Å². The zero-order chi connectivity index (χ0) is 20.3. The van der Waals surface area contributed by atoms with Crippen molar-refractivity contribution in [3.63, 3.8) is 0 Å². The third kappa shape index (κ3) is 3.86. The van der Waals surface area contributed by atoms with Crippen molar-refractivity contribution in [2.24, 2.45) is 0 Å². The van der Waals surface area contributed by atoms with Gasteiger partial charge in [-0.15, -0.1) is 0 Å². The van der Waals surface area contributed by atoms with Crippen LogP contribution in [0.5, 0.6) is 5.75 Å². The van der Waals surface area contributed by atoms with Gasteiger partial charge in [-0.1, -0.05) is 0 Å². The second-order valence-corrected chi connectivity index (χ2v) is 8.35. The molecule has 0 radical (unpaired) electrons. The highest BCUT2D eigenvalue weighted by molar-refractivity contribution is 7.08. The summed E-state index contributed by atoms with van der Waals surface area (Å²) in [6.45, 7) is 4.65. The number of benzene rings is 1. The third-order valence-electron chi connectivity index (χ3n) is 5.75. The van der Waals surface area contributed by atoms with Crippen LogP contribution in [-0.4, -0.2) is 54.8 Å². The lowest BCUT2D eigenvalue weighted by Crippen LogP contribution is -2.37. The van der Waals surface area contributed by atoms with Crippen molar-refractivity contribution in [2.45, 2.75) is 6.42 Å². The number of fused-ring (bicyclic) bond motifs is 1. The van der Waals surface area contributed by atoms with E-state index in [4.69, 9.17) is 9.47 Å². The molecule has 5 rings (SSSR count). The van der Waals surface area contributed by atoms with Crippen molar-refractivity contribution in [2.75, 3.05) is 40.0 Å². The molecule has 0 saturated carbocycles. The number of H-pyrrole nitrogens is 1. The Labute approximate surface area is 180 Å². The van der Waals surface area contributed by atoms with E-state index in [1.807, 2.05) is 18.5 Å². The highest BCUT2D eigenvalue weighted by Crippen LogP contribution is 2.36. The first-order valence-corrected chi connectivity index (χ1v) is 11.2. The van der Waals surface area contributed by atoms with Gasteiger partial charge < -0.3 is 14.5 Å². The van der Waals surface area contributed by atoms with Gasteiger partial charge in [-0.05, 0) is 46.7 Å². The Morgan fingerprint density at radius 1 is 1.10 bits per heavy atom. The molecule has 0 unspecified atom stereocenters. The van der Waals surface area contributed by atoms with Crippen LogP contribution in [0.15, 0.2) is 53.5 Å². The minimum Gasteiger partial charge on any atom is -0.497 e. The molecule has 154 valence electrons. The highest BCUT2D eigenvalue weighted by Gasteiger charge is 2.17. The Morgan fingerprint density at radius 2 is 1.97 bits per heavy atom. The molecule has 4 aromatic rings. The SMILES string of the molecule is COc1ccc2[nH]c(CCN3CCOCC3)c(-c3cncc(-c4ccsc4)c3)c2c1. The Hall–Kier alpha value is -2.67. The summed E-state index contributed by atoms with van der Waals surface area (Å²) in [6.07, 6.45) is 4.86. The van der Waals surface area contributed by atoms with Crippen LogP contribution in [0, 0.1) is 0 Å². The summed E-state index contributed by atoms with van der Waals surface area (Å²) in [4.78, 5) is 10.7. The van der Waals surface area contributed by atoms with Gasteiger partial charge >= 0.3 is 0 Å². The molecule has 1 saturated heterocycles. The normalized spacial score (nSPS) is 15.0. The molecule has 0 bridgehead atoms. The van der Waals surface area contributed by atoms with E-state index in [2.05, 4.69) is 49.9 Å². The van der Waals surface area contributed by atoms with E-state index in [1.54, 1.807) is 18.4 Å². The first-order valence-electron chi connectivity index (χ1n) is 10.3. The van der Waals surface area contributed by atoms with E-state index < -0.39 is 0 Å². The Kier molecular flexibility index (Phi) is 5.53. The van der Waals surface area contributed by atoms with Crippen molar-refractivity contribution in [3.05, 3.63) is 59.2 Å². The van der Waals surface area contributed by atoms with Gasteiger partial charge in [0.15, 0.2) is 0 Å². The summed E-state index contributed by atoms with van der Waals surface area (Å²) in [7, 11) is 1.71. The van der Waals surface area contributed by atoms with Gasteiger partial charge in [0.1, 0.15) is 5.75 Å². The van der Waals surface area contributed by atoms with Crippen molar-refractivity contribution in [3.8, 4) is 28.0 Å². The monoisotopic (exact) mass is 419 g/mol. The molecule has 3 aromatic heterocycles. The number of hydrogen-bond acceptors (Lipinski definition) is 5. The second kappa shape index (κ2) is 8.60. The number of pyridine rings is 1. The summed E-state index contributed by atoms with van der Waals surface area (Å²) >= 11 is 1.71. The van der Waals surface area contributed by atoms with Gasteiger partial charge in [-0.3, -0.25) is 9.88 Å². The van der Waals surface area contributed by atoms with Crippen molar-refractivity contribution >= 4 is 22.2 Å². The number of methoxy groups -OCH3 is 1. The lowest BCUT2D eigenvalue weighted by molar-refractivity contribution is 0.0384. The number of nitrogens with one attached hydrogen (secondary N) is 1. The quantitative estimate of drug-likeness (QED) is 0.486. The van der Waals surface area contributed by atoms with E-state index in [0.29, 0.717) is 0 Å². The summed E-state index contributed by atoms with van der Waals surface area (Å²) < 4.78 is 11.0. The van der Waals surface area contributed by atoms with E-state index in [-0.39, 0.29) is 0 Å². The number of rotatable bonds is 6. The molecule has 0 amide bonds. The van der Waals surface area contributed by atoms with Gasteiger partial charge in [0.25, 0.3) is 0 Å². The largest absolute Gasteiger partial charge is 0.497 e. The molecule has 1 fully saturated rings. The zero-order valence-electron chi connectivity index (χ0n) is 17.1. The van der Waals surface area contributed by atoms with Crippen molar-refractivity contribution in [1.29, 1.82) is 0 Å². The maximum Gasteiger partial charge on any atom is 0.119 e. The molecule has 5 nitrogen and oxygen atoms in total. The first kappa shape index (κ1) is 19.3. The average molecular weight is 420 g/mol. The molecule has 1 N–H and O–H groups in total. The molecule has 0 atom stereocenters. The molecular weight excluding hydrogens is 394 g/mol. The fourth-order valence-electron chi connectivity index (χ4n) is 4.13. The van der Waals surface area contributed by atoms with E-state index in [1.165, 1.54) is 22.2 Å². The molecule has 0 aliphatic carbocycles. The van der Waals surface area contributed by atoms with Gasteiger partial charge in [-0.2, -0.15) is 11.3 Å². The maximum atomic E-state index is 5.51. The first-order chi connectivity index (χ1) is 14.8. The topological polar surface area (TPSA) is 50.4 Å². The summed E-state index contributed by atoms with van der Waals surface area (Å²) in [6, 6.07) is 10.6. The van der Waals surface area contributed by atoms with Gasteiger partial charge in [0.2, 0.25) is 0 Å². The van der Waals surface area contributed by atoms with Crippen LogP contribution < -0.4 is 4.74 Å². The summed E-state index contributed by atoms with van der Waals surface area (Å²) in [5, 5.41) is 5.45. The number of aromatic amines is 1. The third-order valence-corrected chi connectivity index (χ3v) is 6.43. The van der Waals surface area contributed by atoms with E-state index in [0.717, 1.165) is 61.7 Å². The number of aromatic nitrogens is 2. The van der Waals surface area contributed by atoms with E-state index >= 15 is 0 Å². The lowest BCUT2D eigenvalue weighted by atomic mass is 9.99. The average Bonchev–Trinajstić information content (AvgIpc) is 3.46. The minimum absolute atomic E-state index is 0.823. The standard InChI is InChI=1S/C24H25N3O2S/c1-28-20-2-3-22-21(13-20)24(23(26-22)4-6-27-7-9-29-10-8-27)19-12-18(14-25-15-19)17-5-11-30-16-17/h2-3,5,11-16,26H,4,6-10H2,1H3. The molecule has 6 heteroatoms. The number of hydrogen-bond donors (Lipinski definition) is 1. The molecule has 0 spiro atoms. The Balaban J connectivity index is 1.56. The maximum absolute atomic E-state index is 5.51. The Bertz CT molecular complexity index is 1130. The molecule has 4 heterocycles. The Morgan fingerprint density at radius 3 is 2.77 bits per heavy atom. The van der Waals surface area contributed by atoms with Gasteiger partial charge in [0.05, 0.1) is 20.3 Å². The minimum atomic E-state index is 0.823. The molecule has 1 aliphatic rings. The van der Waals surface area contributed by atoms with Crippen LogP contribution in [0.3, 0.4) is 0 Å². The van der Waals surface area contributed by atoms with Crippen LogP contribution in [0.4, 0.5) is 0 Å². The van der Waals surface area contributed by atoms with Crippen LogP contribution in [0.2, 0.25) is 0 Å². The van der Waals surface area contributed by atoms with Crippen LogP contribution in [-0.2, 0) is 11.2 Å². The zero-order valence-corrected chi connectivity index (χ0v) is 17.9. The van der Waals surface area contributed by atoms with Crippen LogP contribution in [0.1, 0.15) is 5.69 Å². The predicted octanol–water partition coefficient (Wildman–Crippen LogP) is 4.84. The van der Waals surface area contributed by atoms with Crippen LogP contribution in [0.25, 0.3) is 33.2 Å². The van der Waals surface area contributed by atoms with Crippen molar-refractivity contribution < 1.29 is 9.47 Å². The van der Waals surface area contributed by atoms with E-state index in [9.17, 15) is 0 Å². The van der Waals surface area contributed by atoms with Gasteiger partial charge in [-0.25, -0.2) is 0 Å². The van der Waals surface area contributed by atoms with Crippen LogP contribution >= 0.6 is 11.3 Å². The fraction of sp³-hybridized carbons (Fsp3) is 0.292. The highest BCUT2D eigenvalue weighted by atomic mass is 32.1. The molecule has 1 aromatic carbocycles. The van der Waals surface area contributed by atoms with Crippen molar-refractivity contribution in [1.82, 2.24) is 14.9 Å².